The molecule has 1 aliphatic rings. The van der Waals surface area contributed by atoms with Crippen LogP contribution in [0.15, 0.2) is 78.3 Å². The van der Waals surface area contributed by atoms with Crippen molar-refractivity contribution in [2.75, 3.05) is 33.2 Å². The molecule has 1 fully saturated rings. The molecule has 0 saturated carbocycles. The van der Waals surface area contributed by atoms with Gasteiger partial charge in [-0.15, -0.1) is 0 Å². The van der Waals surface area contributed by atoms with Crippen LogP contribution >= 0.6 is 0 Å². The van der Waals surface area contributed by atoms with Crippen LogP contribution in [0, 0.1) is 0 Å². The molecule has 5 aromatic rings. The van der Waals surface area contributed by atoms with Gasteiger partial charge in [-0.3, -0.25) is 14.2 Å². The Bertz CT molecular complexity index is 1700. The zero-order chi connectivity index (χ0) is 24.9. The minimum absolute atomic E-state index is 0.0141. The number of nitrogens with zero attached hydrogens (tertiary/aromatic N) is 7. The van der Waals surface area contributed by atoms with Gasteiger partial charge in [-0.05, 0) is 42.9 Å². The van der Waals surface area contributed by atoms with Gasteiger partial charge in [-0.25, -0.2) is 4.98 Å². The van der Waals surface area contributed by atoms with E-state index in [2.05, 4.69) is 27.0 Å². The number of benzene rings is 1. The van der Waals surface area contributed by atoms with E-state index < -0.39 is 10.0 Å². The summed E-state index contributed by atoms with van der Waals surface area (Å²) in [7, 11) is -1.97. The smallest absolute Gasteiger partial charge is 0.301 e. The molecule has 0 N–H and O–H groups in total. The fraction of sp³-hybridized carbons (Fsp3) is 0.200. The van der Waals surface area contributed by atoms with E-state index in [1.165, 1.54) is 16.8 Å². The average molecular weight is 502 g/mol. The molecule has 11 heteroatoms. The highest BCUT2D eigenvalue weighted by molar-refractivity contribution is 7.90. The molecule has 1 aliphatic heterocycles. The highest BCUT2D eigenvalue weighted by Crippen LogP contribution is 2.26. The Morgan fingerprint density at radius 3 is 2.44 bits per heavy atom. The molecule has 1 amide bonds. The van der Waals surface area contributed by atoms with Gasteiger partial charge in [-0.1, -0.05) is 18.2 Å². The van der Waals surface area contributed by atoms with Crippen LogP contribution in [0.2, 0.25) is 0 Å². The van der Waals surface area contributed by atoms with Crippen molar-refractivity contribution in [2.45, 2.75) is 5.03 Å². The largest absolute Gasteiger partial charge is 0.336 e. The van der Waals surface area contributed by atoms with E-state index in [1.54, 1.807) is 48.8 Å². The molecule has 6 rings (SSSR count). The van der Waals surface area contributed by atoms with Crippen molar-refractivity contribution < 1.29 is 13.2 Å². The second kappa shape index (κ2) is 8.54. The quantitative estimate of drug-likeness (QED) is 0.372. The van der Waals surface area contributed by atoms with Crippen LogP contribution in [0.4, 0.5) is 0 Å². The Morgan fingerprint density at radius 1 is 0.889 bits per heavy atom. The van der Waals surface area contributed by atoms with Crippen molar-refractivity contribution in [1.29, 1.82) is 0 Å². The van der Waals surface area contributed by atoms with E-state index >= 15 is 0 Å². The first-order chi connectivity index (χ1) is 17.4. The SMILES string of the molecule is CN1CCN(C(=O)c2ccc(-c3cnc4cnn(S(=O)(=O)c5cnc6ccccn56)c4c3)cc2)CC1. The maximum absolute atomic E-state index is 13.5. The van der Waals surface area contributed by atoms with Crippen LogP contribution in [0.5, 0.6) is 0 Å². The molecule has 10 nitrogen and oxygen atoms in total. The van der Waals surface area contributed by atoms with Gasteiger partial charge in [0.05, 0.1) is 12.4 Å². The number of imidazole rings is 1. The first kappa shape index (κ1) is 22.4. The maximum atomic E-state index is 13.5. The predicted octanol–water partition coefficient (Wildman–Crippen LogP) is 2.37. The van der Waals surface area contributed by atoms with Crippen molar-refractivity contribution in [3.8, 4) is 11.1 Å². The summed E-state index contributed by atoms with van der Waals surface area (Å²) in [4.78, 5) is 25.6. The molecule has 1 aromatic carbocycles. The molecule has 0 bridgehead atoms. The number of carbonyl (C=O) groups is 1. The molecule has 4 aromatic heterocycles. The van der Waals surface area contributed by atoms with Crippen LogP contribution in [-0.2, 0) is 10.0 Å². The van der Waals surface area contributed by atoms with Crippen LogP contribution in [0.25, 0.3) is 27.8 Å². The van der Waals surface area contributed by atoms with Gasteiger partial charge in [-0.2, -0.15) is 17.6 Å². The third kappa shape index (κ3) is 3.73. The number of hydrogen-bond donors (Lipinski definition) is 0. The Labute approximate surface area is 207 Å². The average Bonchev–Trinajstić information content (AvgIpc) is 3.54. The Kier molecular flexibility index (Phi) is 5.31. The second-order valence-electron chi connectivity index (χ2n) is 8.82. The van der Waals surface area contributed by atoms with Crippen molar-refractivity contribution in [1.82, 2.24) is 33.4 Å². The number of hydrogen-bond acceptors (Lipinski definition) is 7. The molecule has 5 heterocycles. The molecular weight excluding hydrogens is 478 g/mol. The van der Waals surface area contributed by atoms with Gasteiger partial charge >= 0.3 is 10.0 Å². The van der Waals surface area contributed by atoms with Gasteiger partial charge in [0.15, 0.2) is 5.03 Å². The lowest BCUT2D eigenvalue weighted by Crippen LogP contribution is -2.47. The number of aromatic nitrogens is 5. The van der Waals surface area contributed by atoms with Gasteiger partial charge in [0.2, 0.25) is 0 Å². The summed E-state index contributed by atoms with van der Waals surface area (Å²) >= 11 is 0. The molecule has 0 radical (unpaired) electrons. The number of pyridine rings is 2. The lowest BCUT2D eigenvalue weighted by atomic mass is 10.0. The van der Waals surface area contributed by atoms with Crippen LogP contribution in [0.3, 0.4) is 0 Å². The highest BCUT2D eigenvalue weighted by atomic mass is 32.2. The minimum atomic E-state index is -4.03. The number of carbonyl (C=O) groups excluding carboxylic acids is 1. The number of rotatable bonds is 4. The summed E-state index contributed by atoms with van der Waals surface area (Å²) in [6, 6.07) is 14.3. The van der Waals surface area contributed by atoms with Gasteiger partial charge < -0.3 is 9.80 Å². The predicted molar refractivity (Wildman–Crippen MR) is 134 cm³/mol. The van der Waals surface area contributed by atoms with E-state index in [-0.39, 0.29) is 10.9 Å². The lowest BCUT2D eigenvalue weighted by molar-refractivity contribution is 0.0664. The maximum Gasteiger partial charge on any atom is 0.301 e. The van der Waals surface area contributed by atoms with Gasteiger partial charge in [0.25, 0.3) is 5.91 Å². The van der Waals surface area contributed by atoms with Crippen molar-refractivity contribution in [2.24, 2.45) is 0 Å². The Balaban J connectivity index is 1.33. The Morgan fingerprint density at radius 2 is 1.67 bits per heavy atom. The molecule has 0 aliphatic carbocycles. The summed E-state index contributed by atoms with van der Waals surface area (Å²) < 4.78 is 29.5. The van der Waals surface area contributed by atoms with E-state index in [0.29, 0.717) is 35.3 Å². The molecule has 1 saturated heterocycles. The molecule has 0 atom stereocenters. The van der Waals surface area contributed by atoms with Crippen molar-refractivity contribution in [3.05, 3.63) is 78.9 Å². The fourth-order valence-corrected chi connectivity index (χ4v) is 5.76. The molecule has 0 unspecified atom stereocenters. The van der Waals surface area contributed by atoms with Crippen LogP contribution < -0.4 is 0 Å². The molecule has 0 spiro atoms. The zero-order valence-electron chi connectivity index (χ0n) is 19.5. The van der Waals surface area contributed by atoms with Crippen molar-refractivity contribution >= 4 is 32.6 Å². The van der Waals surface area contributed by atoms with Crippen molar-refractivity contribution in [3.63, 3.8) is 0 Å². The van der Waals surface area contributed by atoms with E-state index in [9.17, 15) is 13.2 Å². The summed E-state index contributed by atoms with van der Waals surface area (Å²) in [5, 5.41) is 4.14. The topological polar surface area (TPSA) is 106 Å². The monoisotopic (exact) mass is 501 g/mol. The summed E-state index contributed by atoms with van der Waals surface area (Å²) in [5.74, 6) is 0.0143. The standard InChI is InChI=1S/C25H23N7O3S/c1-29-10-12-30(13-11-29)25(33)19-7-5-18(6-8-19)20-14-22-21(26-15-20)16-28-32(22)36(34,35)24-17-27-23-4-2-3-9-31(23)24/h2-9,14-17H,10-13H2,1H3. The van der Waals surface area contributed by atoms with Gasteiger partial charge in [0, 0.05) is 49.7 Å². The molecular formula is C25H23N7O3S. The molecule has 182 valence electrons. The number of likely N-dealkylation sites (N-methyl/N-ethyl adjacent to an activating group) is 1. The first-order valence-electron chi connectivity index (χ1n) is 11.5. The fourth-order valence-electron chi connectivity index (χ4n) is 4.42. The number of fused-ring (bicyclic) bond motifs is 2. The molecule has 36 heavy (non-hydrogen) atoms. The Hall–Kier alpha value is -4.09. The van der Waals surface area contributed by atoms with Gasteiger partial charge in [0.1, 0.15) is 16.7 Å². The second-order valence-corrected chi connectivity index (χ2v) is 10.5. The van der Waals surface area contributed by atoms with Crippen LogP contribution in [-0.4, -0.2) is 80.9 Å². The zero-order valence-corrected chi connectivity index (χ0v) is 20.3. The van der Waals surface area contributed by atoms with E-state index in [1.807, 2.05) is 17.0 Å². The number of piperazine rings is 1. The summed E-state index contributed by atoms with van der Waals surface area (Å²) in [6.07, 6.45) is 6.07. The summed E-state index contributed by atoms with van der Waals surface area (Å²) in [6.45, 7) is 3.15. The third-order valence-electron chi connectivity index (χ3n) is 6.52. The number of amides is 1. The van der Waals surface area contributed by atoms with E-state index in [0.717, 1.165) is 28.3 Å². The normalized spacial score (nSPS) is 15.1. The van der Waals surface area contributed by atoms with E-state index in [4.69, 9.17) is 0 Å². The summed E-state index contributed by atoms with van der Waals surface area (Å²) in [5.41, 5.74) is 3.50. The highest BCUT2D eigenvalue weighted by Gasteiger charge is 2.25. The third-order valence-corrected chi connectivity index (χ3v) is 8.10. The first-order valence-corrected chi connectivity index (χ1v) is 13.0. The minimum Gasteiger partial charge on any atom is -0.336 e. The van der Waals surface area contributed by atoms with Crippen LogP contribution in [0.1, 0.15) is 10.4 Å². The lowest BCUT2D eigenvalue weighted by Gasteiger charge is -2.32.